The van der Waals surface area contributed by atoms with Gasteiger partial charge in [-0.15, -0.1) is 10.2 Å². The monoisotopic (exact) mass is 313 g/mol. The van der Waals surface area contributed by atoms with E-state index in [9.17, 15) is 13.2 Å². The Morgan fingerprint density at radius 2 is 2.30 bits per heavy atom. The molecule has 2 aromatic rings. The molecule has 2 aromatic heterocycles. The number of aromatic nitrogens is 2. The predicted molar refractivity (Wildman–Crippen MR) is 73.0 cm³/mol. The normalized spacial score (nSPS) is 20.9. The summed E-state index contributed by atoms with van der Waals surface area (Å²) >= 11 is 1.18. The lowest BCUT2D eigenvalue weighted by Gasteiger charge is -2.05. The van der Waals surface area contributed by atoms with E-state index >= 15 is 0 Å². The fourth-order valence-corrected chi connectivity index (χ4v) is 4.44. The number of carbonyl (C=O) groups is 1. The molecule has 1 aliphatic rings. The van der Waals surface area contributed by atoms with Crippen molar-refractivity contribution in [2.24, 2.45) is 5.92 Å². The third kappa shape index (κ3) is 2.73. The van der Waals surface area contributed by atoms with E-state index in [4.69, 9.17) is 4.42 Å². The number of hydrogen-bond donors (Lipinski definition) is 1. The number of hydrogen-bond acceptors (Lipinski definition) is 7. The predicted octanol–water partition coefficient (Wildman–Crippen LogP) is 1.17. The van der Waals surface area contributed by atoms with E-state index in [0.29, 0.717) is 22.3 Å². The van der Waals surface area contributed by atoms with Crippen LogP contribution in [-0.2, 0) is 14.6 Å². The first-order valence-corrected chi connectivity index (χ1v) is 8.56. The number of nitrogens with zero attached hydrogens (tertiary/aromatic N) is 2. The molecule has 0 radical (unpaired) electrons. The Labute approximate surface area is 118 Å². The topological polar surface area (TPSA) is 102 Å². The third-order valence-electron chi connectivity index (χ3n) is 2.99. The highest BCUT2D eigenvalue weighted by Gasteiger charge is 2.33. The molecule has 1 atom stereocenters. The van der Waals surface area contributed by atoms with Crippen LogP contribution in [0.15, 0.2) is 22.8 Å². The summed E-state index contributed by atoms with van der Waals surface area (Å²) in [5.74, 6) is -0.280. The second-order valence-corrected chi connectivity index (χ2v) is 7.69. The number of rotatable bonds is 3. The van der Waals surface area contributed by atoms with E-state index in [1.165, 1.54) is 17.6 Å². The van der Waals surface area contributed by atoms with Gasteiger partial charge >= 0.3 is 0 Å². The lowest BCUT2D eigenvalue weighted by Crippen LogP contribution is -2.23. The maximum atomic E-state index is 11.9. The Morgan fingerprint density at radius 1 is 1.45 bits per heavy atom. The minimum Gasteiger partial charge on any atom is -0.462 e. The maximum Gasteiger partial charge on any atom is 0.230 e. The van der Waals surface area contributed by atoms with Crippen molar-refractivity contribution in [3.05, 3.63) is 18.4 Å². The summed E-state index contributed by atoms with van der Waals surface area (Å²) in [6, 6.07) is 3.48. The summed E-state index contributed by atoms with van der Waals surface area (Å²) in [7, 11) is -3.07. The van der Waals surface area contributed by atoms with Crippen molar-refractivity contribution in [3.63, 3.8) is 0 Å². The molecule has 3 heterocycles. The van der Waals surface area contributed by atoms with Gasteiger partial charge < -0.3 is 9.73 Å². The molecule has 0 bridgehead atoms. The molecule has 1 saturated heterocycles. The first-order chi connectivity index (χ1) is 9.53. The summed E-state index contributed by atoms with van der Waals surface area (Å²) in [5.41, 5.74) is 0. The Hall–Kier alpha value is -1.74. The molecule has 1 fully saturated rings. The first-order valence-electron chi connectivity index (χ1n) is 5.92. The fraction of sp³-hybridized carbons (Fsp3) is 0.364. The third-order valence-corrected chi connectivity index (χ3v) is 5.61. The van der Waals surface area contributed by atoms with Crippen LogP contribution in [0.25, 0.3) is 10.8 Å². The Morgan fingerprint density at radius 3 is 2.95 bits per heavy atom. The van der Waals surface area contributed by atoms with Gasteiger partial charge in [-0.05, 0) is 18.6 Å². The molecule has 9 heteroatoms. The van der Waals surface area contributed by atoms with Crippen LogP contribution < -0.4 is 5.32 Å². The molecular formula is C11H11N3O4S2. The second kappa shape index (κ2) is 4.98. The zero-order valence-corrected chi connectivity index (χ0v) is 11.9. The standard InChI is InChI=1S/C11H11N3O4S2/c15-9(7-3-5-20(16,17)6-7)12-11-14-13-10(19-11)8-2-1-4-18-8/h1-2,4,7H,3,5-6H2,(H,12,14,15). The van der Waals surface area contributed by atoms with Crippen LogP contribution in [0.3, 0.4) is 0 Å². The number of anilines is 1. The summed E-state index contributed by atoms with van der Waals surface area (Å²) in [6.07, 6.45) is 1.89. The van der Waals surface area contributed by atoms with Gasteiger partial charge in [-0.3, -0.25) is 4.79 Å². The van der Waals surface area contributed by atoms with Gasteiger partial charge in [-0.1, -0.05) is 11.3 Å². The Balaban J connectivity index is 1.68. The molecule has 0 aromatic carbocycles. The summed E-state index contributed by atoms with van der Waals surface area (Å²) in [6.45, 7) is 0. The van der Waals surface area contributed by atoms with Crippen LogP contribution in [0, 0.1) is 5.92 Å². The molecule has 1 N–H and O–H groups in total. The zero-order valence-electron chi connectivity index (χ0n) is 10.3. The molecule has 1 aliphatic heterocycles. The lowest BCUT2D eigenvalue weighted by atomic mass is 10.1. The van der Waals surface area contributed by atoms with E-state index in [2.05, 4.69) is 15.5 Å². The van der Waals surface area contributed by atoms with Crippen LogP contribution in [0.1, 0.15) is 6.42 Å². The average molecular weight is 313 g/mol. The number of amides is 1. The van der Waals surface area contributed by atoms with Gasteiger partial charge in [0.1, 0.15) is 0 Å². The maximum absolute atomic E-state index is 11.9. The number of sulfone groups is 1. The fourth-order valence-electron chi connectivity index (χ4n) is 1.98. The number of nitrogens with one attached hydrogen (secondary N) is 1. The van der Waals surface area contributed by atoms with Crippen molar-refractivity contribution in [2.75, 3.05) is 16.8 Å². The molecule has 1 unspecified atom stereocenters. The van der Waals surface area contributed by atoms with Gasteiger partial charge in [0.15, 0.2) is 20.6 Å². The van der Waals surface area contributed by atoms with Crippen molar-refractivity contribution >= 4 is 32.2 Å². The quantitative estimate of drug-likeness (QED) is 0.912. The van der Waals surface area contributed by atoms with Crippen LogP contribution >= 0.6 is 11.3 Å². The van der Waals surface area contributed by atoms with Crippen molar-refractivity contribution in [1.82, 2.24) is 10.2 Å². The zero-order chi connectivity index (χ0) is 14.2. The number of carbonyl (C=O) groups excluding carboxylic acids is 1. The highest BCUT2D eigenvalue weighted by Crippen LogP contribution is 2.27. The Bertz CT molecular complexity index is 721. The molecule has 20 heavy (non-hydrogen) atoms. The highest BCUT2D eigenvalue weighted by molar-refractivity contribution is 7.91. The average Bonchev–Trinajstić information content (AvgIpc) is 3.07. The largest absolute Gasteiger partial charge is 0.462 e. The van der Waals surface area contributed by atoms with Crippen molar-refractivity contribution in [3.8, 4) is 10.8 Å². The van der Waals surface area contributed by atoms with Crippen molar-refractivity contribution in [1.29, 1.82) is 0 Å². The van der Waals surface area contributed by atoms with Gasteiger partial charge in [0.2, 0.25) is 11.0 Å². The molecule has 0 saturated carbocycles. The molecule has 0 spiro atoms. The Kier molecular flexibility index (Phi) is 3.30. The molecule has 0 aliphatic carbocycles. The molecule has 3 rings (SSSR count). The van der Waals surface area contributed by atoms with Gasteiger partial charge in [0.05, 0.1) is 23.7 Å². The molecule has 106 valence electrons. The van der Waals surface area contributed by atoms with E-state index < -0.39 is 15.8 Å². The van der Waals surface area contributed by atoms with Crippen LogP contribution in [0.4, 0.5) is 5.13 Å². The minimum atomic E-state index is -3.07. The van der Waals surface area contributed by atoms with E-state index in [1.807, 2.05) is 0 Å². The summed E-state index contributed by atoms with van der Waals surface area (Å²) in [5, 5.41) is 11.3. The smallest absolute Gasteiger partial charge is 0.230 e. The van der Waals surface area contributed by atoms with Gasteiger partial charge in [-0.2, -0.15) is 0 Å². The van der Waals surface area contributed by atoms with E-state index in [-0.39, 0.29) is 17.4 Å². The highest BCUT2D eigenvalue weighted by atomic mass is 32.2. The second-order valence-electron chi connectivity index (χ2n) is 4.48. The number of furan rings is 1. The first kappa shape index (κ1) is 13.3. The molecular weight excluding hydrogens is 302 g/mol. The summed E-state index contributed by atoms with van der Waals surface area (Å²) in [4.78, 5) is 11.9. The van der Waals surface area contributed by atoms with Gasteiger partial charge in [-0.25, -0.2) is 8.42 Å². The minimum absolute atomic E-state index is 0.0683. The molecule has 7 nitrogen and oxygen atoms in total. The van der Waals surface area contributed by atoms with Crippen LogP contribution in [-0.4, -0.2) is 36.0 Å². The van der Waals surface area contributed by atoms with Crippen molar-refractivity contribution < 1.29 is 17.6 Å². The van der Waals surface area contributed by atoms with Crippen LogP contribution in [0.5, 0.6) is 0 Å². The van der Waals surface area contributed by atoms with Crippen molar-refractivity contribution in [2.45, 2.75) is 6.42 Å². The van der Waals surface area contributed by atoms with E-state index in [0.717, 1.165) is 0 Å². The van der Waals surface area contributed by atoms with Crippen LogP contribution in [0.2, 0.25) is 0 Å². The van der Waals surface area contributed by atoms with E-state index in [1.54, 1.807) is 12.1 Å². The lowest BCUT2D eigenvalue weighted by molar-refractivity contribution is -0.119. The van der Waals surface area contributed by atoms with Gasteiger partial charge in [0, 0.05) is 0 Å². The summed E-state index contributed by atoms with van der Waals surface area (Å²) < 4.78 is 27.9. The SMILES string of the molecule is O=C(Nc1nnc(-c2ccco2)s1)C1CCS(=O)(=O)C1. The molecule has 1 amide bonds. The van der Waals surface area contributed by atoms with Gasteiger partial charge in [0.25, 0.3) is 0 Å².